The lowest BCUT2D eigenvalue weighted by molar-refractivity contribution is -0.131. The molecule has 96 valence electrons. The lowest BCUT2D eigenvalue weighted by Gasteiger charge is -2.26. The van der Waals surface area contributed by atoms with E-state index < -0.39 is 5.97 Å². The molecule has 1 saturated heterocycles. The van der Waals surface area contributed by atoms with Gasteiger partial charge in [0.2, 0.25) is 0 Å². The number of thiophene rings is 1. The molecule has 0 radical (unpaired) electrons. The SMILES string of the molecule is O=C(O)/C=C/c1cc(C(=O)N2CCCCC2)cs1. The Hall–Kier alpha value is -1.62. The molecule has 1 fully saturated rings. The monoisotopic (exact) mass is 265 g/mol. The van der Waals surface area contributed by atoms with Gasteiger partial charge in [-0.2, -0.15) is 0 Å². The van der Waals surface area contributed by atoms with Crippen molar-refractivity contribution in [1.82, 2.24) is 4.90 Å². The molecule has 0 atom stereocenters. The van der Waals surface area contributed by atoms with Crippen LogP contribution in [-0.4, -0.2) is 35.0 Å². The Bertz CT molecular complexity index is 472. The Labute approximate surface area is 110 Å². The van der Waals surface area contributed by atoms with E-state index in [1.54, 1.807) is 11.4 Å². The standard InChI is InChI=1S/C13H15NO3S/c15-12(16)5-4-11-8-10(9-18-11)13(17)14-6-2-1-3-7-14/h4-5,8-9H,1-3,6-7H2,(H,15,16)/b5-4+. The van der Waals surface area contributed by atoms with E-state index in [-0.39, 0.29) is 5.91 Å². The van der Waals surface area contributed by atoms with Gasteiger partial charge >= 0.3 is 5.97 Å². The Morgan fingerprint density at radius 1 is 1.28 bits per heavy atom. The minimum absolute atomic E-state index is 0.0564. The zero-order valence-corrected chi connectivity index (χ0v) is 10.8. The first-order valence-corrected chi connectivity index (χ1v) is 6.83. The normalized spacial score (nSPS) is 16.1. The van der Waals surface area contributed by atoms with Crippen LogP contribution >= 0.6 is 11.3 Å². The average molecular weight is 265 g/mol. The van der Waals surface area contributed by atoms with E-state index in [1.807, 2.05) is 4.90 Å². The molecule has 0 aliphatic carbocycles. The minimum Gasteiger partial charge on any atom is -0.478 e. The van der Waals surface area contributed by atoms with Crippen molar-refractivity contribution in [2.24, 2.45) is 0 Å². The lowest BCUT2D eigenvalue weighted by Crippen LogP contribution is -2.35. The van der Waals surface area contributed by atoms with E-state index in [2.05, 4.69) is 0 Å². The summed E-state index contributed by atoms with van der Waals surface area (Å²) in [6.45, 7) is 1.66. The first kappa shape index (κ1) is 12.8. The van der Waals surface area contributed by atoms with Gasteiger partial charge < -0.3 is 10.0 Å². The number of amides is 1. The topological polar surface area (TPSA) is 57.6 Å². The highest BCUT2D eigenvalue weighted by Crippen LogP contribution is 2.19. The molecule has 1 aliphatic heterocycles. The number of carboxylic acids is 1. The van der Waals surface area contributed by atoms with Gasteiger partial charge in [-0.3, -0.25) is 4.79 Å². The summed E-state index contributed by atoms with van der Waals surface area (Å²) >= 11 is 1.39. The van der Waals surface area contributed by atoms with Crippen LogP contribution in [0.3, 0.4) is 0 Å². The van der Waals surface area contributed by atoms with E-state index in [9.17, 15) is 9.59 Å². The van der Waals surface area contributed by atoms with Crippen molar-refractivity contribution >= 4 is 29.3 Å². The minimum atomic E-state index is -0.979. The first-order chi connectivity index (χ1) is 8.66. The van der Waals surface area contributed by atoms with Crippen molar-refractivity contribution in [3.63, 3.8) is 0 Å². The molecule has 2 rings (SSSR count). The first-order valence-electron chi connectivity index (χ1n) is 5.95. The second kappa shape index (κ2) is 5.82. The highest BCUT2D eigenvalue weighted by Gasteiger charge is 2.18. The lowest BCUT2D eigenvalue weighted by atomic mass is 10.1. The molecule has 2 heterocycles. The fraction of sp³-hybridized carbons (Fsp3) is 0.385. The molecule has 1 amide bonds. The van der Waals surface area contributed by atoms with Gasteiger partial charge in [-0.05, 0) is 31.4 Å². The van der Waals surface area contributed by atoms with Crippen molar-refractivity contribution < 1.29 is 14.7 Å². The summed E-state index contributed by atoms with van der Waals surface area (Å²) in [5.41, 5.74) is 0.659. The highest BCUT2D eigenvalue weighted by molar-refractivity contribution is 7.11. The fourth-order valence-electron chi connectivity index (χ4n) is 1.99. The second-order valence-electron chi connectivity index (χ2n) is 4.26. The van der Waals surface area contributed by atoms with Crippen LogP contribution in [0.5, 0.6) is 0 Å². The van der Waals surface area contributed by atoms with Gasteiger partial charge in [0.05, 0.1) is 5.56 Å². The van der Waals surface area contributed by atoms with Gasteiger partial charge in [0, 0.05) is 29.4 Å². The summed E-state index contributed by atoms with van der Waals surface area (Å²) in [5.74, 6) is -0.923. The highest BCUT2D eigenvalue weighted by atomic mass is 32.1. The zero-order valence-electron chi connectivity index (χ0n) is 9.96. The number of carbonyl (C=O) groups is 2. The van der Waals surface area contributed by atoms with Crippen LogP contribution in [0.2, 0.25) is 0 Å². The summed E-state index contributed by atoms with van der Waals surface area (Å²) in [6, 6.07) is 1.75. The molecule has 5 heteroatoms. The van der Waals surface area contributed by atoms with Crippen LogP contribution < -0.4 is 0 Å². The van der Waals surface area contributed by atoms with Crippen LogP contribution in [0.25, 0.3) is 6.08 Å². The largest absolute Gasteiger partial charge is 0.478 e. The summed E-state index contributed by atoms with van der Waals surface area (Å²) in [5, 5.41) is 10.3. The number of hydrogen-bond acceptors (Lipinski definition) is 3. The second-order valence-corrected chi connectivity index (χ2v) is 5.20. The number of likely N-dealkylation sites (tertiary alicyclic amines) is 1. The molecule has 1 aliphatic rings. The van der Waals surface area contributed by atoms with Crippen molar-refractivity contribution in [1.29, 1.82) is 0 Å². The molecule has 0 aromatic carbocycles. The van der Waals surface area contributed by atoms with Crippen LogP contribution in [-0.2, 0) is 4.79 Å². The Balaban J connectivity index is 2.04. The Morgan fingerprint density at radius 2 is 2.00 bits per heavy atom. The number of rotatable bonds is 3. The van der Waals surface area contributed by atoms with Gasteiger partial charge in [0.1, 0.15) is 0 Å². The third-order valence-corrected chi connectivity index (χ3v) is 3.80. The summed E-state index contributed by atoms with van der Waals surface area (Å²) < 4.78 is 0. The molecular formula is C13H15NO3S. The van der Waals surface area contributed by atoms with Crippen LogP contribution in [0, 0.1) is 0 Å². The van der Waals surface area contributed by atoms with E-state index in [0.717, 1.165) is 36.9 Å². The predicted octanol–water partition coefficient (Wildman–Crippen LogP) is 2.47. The Morgan fingerprint density at radius 3 is 2.67 bits per heavy atom. The van der Waals surface area contributed by atoms with Crippen LogP contribution in [0.4, 0.5) is 0 Å². The summed E-state index contributed by atoms with van der Waals surface area (Å²) in [7, 11) is 0. The number of nitrogens with zero attached hydrogens (tertiary/aromatic N) is 1. The quantitative estimate of drug-likeness (QED) is 0.854. The summed E-state index contributed by atoms with van der Waals surface area (Å²) in [6.07, 6.45) is 5.93. The predicted molar refractivity (Wildman–Crippen MR) is 70.7 cm³/mol. The molecule has 0 unspecified atom stereocenters. The van der Waals surface area contributed by atoms with Crippen LogP contribution in [0.15, 0.2) is 17.5 Å². The average Bonchev–Trinajstić information content (AvgIpc) is 2.85. The molecular weight excluding hydrogens is 250 g/mol. The molecule has 0 spiro atoms. The van der Waals surface area contributed by atoms with Gasteiger partial charge in [-0.25, -0.2) is 4.79 Å². The maximum Gasteiger partial charge on any atom is 0.328 e. The van der Waals surface area contributed by atoms with Crippen molar-refractivity contribution in [3.8, 4) is 0 Å². The molecule has 0 bridgehead atoms. The van der Waals surface area contributed by atoms with Crippen LogP contribution in [0.1, 0.15) is 34.5 Å². The smallest absolute Gasteiger partial charge is 0.328 e. The van der Waals surface area contributed by atoms with E-state index in [0.29, 0.717) is 5.56 Å². The van der Waals surface area contributed by atoms with Gasteiger partial charge in [-0.1, -0.05) is 0 Å². The number of carbonyl (C=O) groups excluding carboxylic acids is 1. The number of aliphatic carboxylic acids is 1. The summed E-state index contributed by atoms with van der Waals surface area (Å²) in [4.78, 5) is 25.2. The molecule has 1 aromatic heterocycles. The fourth-order valence-corrected chi connectivity index (χ4v) is 2.76. The molecule has 18 heavy (non-hydrogen) atoms. The number of carboxylic acid groups (broad SMARTS) is 1. The number of hydrogen-bond donors (Lipinski definition) is 1. The Kier molecular flexibility index (Phi) is 4.15. The van der Waals surface area contributed by atoms with Crippen molar-refractivity contribution in [2.75, 3.05) is 13.1 Å². The molecule has 4 nitrogen and oxygen atoms in total. The van der Waals surface area contributed by atoms with E-state index in [4.69, 9.17) is 5.11 Å². The van der Waals surface area contributed by atoms with Gasteiger partial charge in [0.15, 0.2) is 0 Å². The van der Waals surface area contributed by atoms with Crippen molar-refractivity contribution in [2.45, 2.75) is 19.3 Å². The third kappa shape index (κ3) is 3.20. The van der Waals surface area contributed by atoms with Gasteiger partial charge in [0.25, 0.3) is 5.91 Å². The maximum absolute atomic E-state index is 12.1. The molecule has 1 aromatic rings. The molecule has 0 saturated carbocycles. The molecule has 1 N–H and O–H groups in total. The number of piperidine rings is 1. The third-order valence-electron chi connectivity index (χ3n) is 2.90. The van der Waals surface area contributed by atoms with E-state index >= 15 is 0 Å². The zero-order chi connectivity index (χ0) is 13.0. The van der Waals surface area contributed by atoms with Gasteiger partial charge in [-0.15, -0.1) is 11.3 Å². The maximum atomic E-state index is 12.1. The van der Waals surface area contributed by atoms with Crippen molar-refractivity contribution in [3.05, 3.63) is 28.0 Å². The van der Waals surface area contributed by atoms with E-state index in [1.165, 1.54) is 23.8 Å².